The van der Waals surface area contributed by atoms with Crippen LogP contribution < -0.4 is 15.8 Å². The zero-order valence-corrected chi connectivity index (χ0v) is 13.5. The smallest absolute Gasteiger partial charge is 0.271 e. The number of nitrogens with one attached hydrogen (secondary N) is 2. The van der Waals surface area contributed by atoms with Crippen LogP contribution in [0.3, 0.4) is 0 Å². The van der Waals surface area contributed by atoms with Crippen molar-refractivity contribution in [3.63, 3.8) is 0 Å². The molecule has 0 radical (unpaired) electrons. The summed E-state index contributed by atoms with van der Waals surface area (Å²) in [6.07, 6.45) is 2.06. The van der Waals surface area contributed by atoms with E-state index in [1.807, 2.05) is 48.5 Å². The fourth-order valence-corrected chi connectivity index (χ4v) is 3.41. The average molecular weight is 319 g/mol. The van der Waals surface area contributed by atoms with E-state index in [1.54, 1.807) is 0 Å². The molecule has 1 aromatic heterocycles. The normalized spacial score (nSPS) is 15.6. The van der Waals surface area contributed by atoms with Crippen LogP contribution >= 0.6 is 0 Å². The molecule has 2 heterocycles. The Morgan fingerprint density at radius 3 is 2.46 bits per heavy atom. The Morgan fingerprint density at radius 1 is 0.958 bits per heavy atom. The number of aromatic nitrogens is 1. The van der Waals surface area contributed by atoms with Crippen molar-refractivity contribution >= 4 is 22.3 Å². The van der Waals surface area contributed by atoms with E-state index in [0.29, 0.717) is 6.04 Å². The highest BCUT2D eigenvalue weighted by atomic mass is 16.1. The van der Waals surface area contributed by atoms with Crippen molar-refractivity contribution in [2.45, 2.75) is 18.9 Å². The zero-order valence-electron chi connectivity index (χ0n) is 13.5. The molecular weight excluding hydrogens is 298 g/mol. The molecule has 0 atom stereocenters. The van der Waals surface area contributed by atoms with Gasteiger partial charge in [-0.2, -0.15) is 0 Å². The van der Waals surface area contributed by atoms with Crippen molar-refractivity contribution in [3.05, 3.63) is 71.0 Å². The number of para-hydroxylation sites is 2. The molecule has 0 amide bonds. The number of pyridine rings is 1. The summed E-state index contributed by atoms with van der Waals surface area (Å²) in [5, 5.41) is 4.66. The molecule has 3 aromatic rings. The molecule has 0 bridgehead atoms. The molecule has 24 heavy (non-hydrogen) atoms. The van der Waals surface area contributed by atoms with E-state index >= 15 is 0 Å². The third kappa shape index (κ3) is 3.00. The molecule has 0 aliphatic carbocycles. The van der Waals surface area contributed by atoms with E-state index < -0.39 is 0 Å². The summed E-state index contributed by atoms with van der Waals surface area (Å²) in [6, 6.07) is 20.7. The number of piperidine rings is 1. The first-order valence-corrected chi connectivity index (χ1v) is 8.48. The number of aromatic amines is 1. The summed E-state index contributed by atoms with van der Waals surface area (Å²) in [5.41, 5.74) is 2.85. The van der Waals surface area contributed by atoms with Crippen LogP contribution in [0.1, 0.15) is 12.8 Å². The van der Waals surface area contributed by atoms with Crippen LogP contribution in [-0.4, -0.2) is 24.1 Å². The number of hydrogen-bond acceptors (Lipinski definition) is 3. The topological polar surface area (TPSA) is 48.1 Å². The monoisotopic (exact) mass is 319 g/mol. The second kappa shape index (κ2) is 6.40. The molecular formula is C20H21N3O. The number of benzene rings is 2. The molecule has 4 nitrogen and oxygen atoms in total. The van der Waals surface area contributed by atoms with Gasteiger partial charge in [0.25, 0.3) is 5.56 Å². The van der Waals surface area contributed by atoms with Crippen LogP contribution in [-0.2, 0) is 0 Å². The molecule has 4 heteroatoms. The molecule has 0 spiro atoms. The minimum atomic E-state index is 0.00293. The van der Waals surface area contributed by atoms with Gasteiger partial charge in [0, 0.05) is 35.7 Å². The predicted octanol–water partition coefficient (Wildman–Crippen LogP) is 3.61. The van der Waals surface area contributed by atoms with Crippen molar-refractivity contribution in [1.29, 1.82) is 0 Å². The first kappa shape index (κ1) is 14.8. The standard InChI is InChI=1S/C20H21N3O/c24-20-19(14-15-6-4-5-9-18(15)22-20)23-12-10-17(11-13-23)21-16-7-2-1-3-8-16/h1-9,14,17,21H,10-13H2,(H,22,24). The molecule has 122 valence electrons. The van der Waals surface area contributed by atoms with Crippen LogP contribution in [0.15, 0.2) is 65.5 Å². The Labute approximate surface area is 141 Å². The van der Waals surface area contributed by atoms with Gasteiger partial charge in [0.1, 0.15) is 5.69 Å². The number of anilines is 2. The first-order chi connectivity index (χ1) is 11.8. The quantitative estimate of drug-likeness (QED) is 0.775. The maximum atomic E-state index is 12.4. The van der Waals surface area contributed by atoms with Gasteiger partial charge in [-0.15, -0.1) is 0 Å². The lowest BCUT2D eigenvalue weighted by atomic mass is 10.0. The van der Waals surface area contributed by atoms with Crippen LogP contribution in [0.2, 0.25) is 0 Å². The Morgan fingerprint density at radius 2 is 1.67 bits per heavy atom. The fraction of sp³-hybridized carbons (Fsp3) is 0.250. The van der Waals surface area contributed by atoms with Crippen LogP contribution in [0.25, 0.3) is 10.9 Å². The first-order valence-electron chi connectivity index (χ1n) is 8.48. The van der Waals surface area contributed by atoms with Gasteiger partial charge in [-0.25, -0.2) is 0 Å². The largest absolute Gasteiger partial charge is 0.382 e. The maximum absolute atomic E-state index is 12.4. The lowest BCUT2D eigenvalue weighted by Crippen LogP contribution is -2.41. The number of fused-ring (bicyclic) bond motifs is 1. The highest BCUT2D eigenvalue weighted by Gasteiger charge is 2.21. The lowest BCUT2D eigenvalue weighted by Gasteiger charge is -2.34. The van der Waals surface area contributed by atoms with Gasteiger partial charge >= 0.3 is 0 Å². The summed E-state index contributed by atoms with van der Waals surface area (Å²) in [6.45, 7) is 1.79. The third-order valence-electron chi connectivity index (χ3n) is 4.71. The molecule has 0 unspecified atom stereocenters. The Kier molecular flexibility index (Phi) is 3.95. The molecule has 2 N–H and O–H groups in total. The molecule has 0 saturated carbocycles. The summed E-state index contributed by atoms with van der Waals surface area (Å²) in [5.74, 6) is 0. The maximum Gasteiger partial charge on any atom is 0.271 e. The highest BCUT2D eigenvalue weighted by Crippen LogP contribution is 2.22. The number of H-pyrrole nitrogens is 1. The molecule has 1 fully saturated rings. The van der Waals surface area contributed by atoms with Gasteiger partial charge in [0.15, 0.2) is 0 Å². The predicted molar refractivity (Wildman–Crippen MR) is 99.9 cm³/mol. The fourth-order valence-electron chi connectivity index (χ4n) is 3.41. The van der Waals surface area contributed by atoms with Crippen molar-refractivity contribution < 1.29 is 0 Å². The van der Waals surface area contributed by atoms with Crippen LogP contribution in [0, 0.1) is 0 Å². The second-order valence-electron chi connectivity index (χ2n) is 6.34. The van der Waals surface area contributed by atoms with E-state index in [1.165, 1.54) is 5.69 Å². The summed E-state index contributed by atoms with van der Waals surface area (Å²) < 4.78 is 0. The number of rotatable bonds is 3. The zero-order chi connectivity index (χ0) is 16.4. The molecule has 4 rings (SSSR count). The van der Waals surface area contributed by atoms with Crippen LogP contribution in [0.4, 0.5) is 11.4 Å². The van der Waals surface area contributed by atoms with Crippen molar-refractivity contribution in [3.8, 4) is 0 Å². The van der Waals surface area contributed by atoms with Crippen molar-refractivity contribution in [2.75, 3.05) is 23.3 Å². The van der Waals surface area contributed by atoms with E-state index in [2.05, 4.69) is 27.3 Å². The lowest BCUT2D eigenvalue weighted by molar-refractivity contribution is 0.526. The third-order valence-corrected chi connectivity index (χ3v) is 4.71. The van der Waals surface area contributed by atoms with E-state index in [0.717, 1.165) is 42.5 Å². The molecule has 1 aliphatic heterocycles. The van der Waals surface area contributed by atoms with Gasteiger partial charge in [-0.1, -0.05) is 36.4 Å². The second-order valence-corrected chi connectivity index (χ2v) is 6.34. The van der Waals surface area contributed by atoms with Gasteiger partial charge in [0.2, 0.25) is 0 Å². The number of hydrogen-bond donors (Lipinski definition) is 2. The van der Waals surface area contributed by atoms with Gasteiger partial charge in [-0.05, 0) is 37.1 Å². The van der Waals surface area contributed by atoms with Gasteiger partial charge in [-0.3, -0.25) is 4.79 Å². The van der Waals surface area contributed by atoms with Crippen molar-refractivity contribution in [1.82, 2.24) is 4.98 Å². The summed E-state index contributed by atoms with van der Waals surface area (Å²) in [4.78, 5) is 17.6. The number of nitrogens with zero attached hydrogens (tertiary/aromatic N) is 1. The Bertz CT molecular complexity index is 880. The van der Waals surface area contributed by atoms with Crippen LogP contribution in [0.5, 0.6) is 0 Å². The van der Waals surface area contributed by atoms with E-state index in [-0.39, 0.29) is 5.56 Å². The summed E-state index contributed by atoms with van der Waals surface area (Å²) >= 11 is 0. The van der Waals surface area contributed by atoms with Crippen molar-refractivity contribution in [2.24, 2.45) is 0 Å². The molecule has 1 aliphatic rings. The SMILES string of the molecule is O=c1[nH]c2ccccc2cc1N1CCC(Nc2ccccc2)CC1. The molecule has 2 aromatic carbocycles. The minimum absolute atomic E-state index is 0.00293. The minimum Gasteiger partial charge on any atom is -0.382 e. The van der Waals surface area contributed by atoms with E-state index in [4.69, 9.17) is 0 Å². The highest BCUT2D eigenvalue weighted by molar-refractivity contribution is 5.81. The average Bonchev–Trinajstić information content (AvgIpc) is 2.63. The Balaban J connectivity index is 1.48. The Hall–Kier alpha value is -2.75. The summed E-state index contributed by atoms with van der Waals surface area (Å²) in [7, 11) is 0. The van der Waals surface area contributed by atoms with E-state index in [9.17, 15) is 4.79 Å². The molecule has 1 saturated heterocycles. The van der Waals surface area contributed by atoms with Gasteiger partial charge < -0.3 is 15.2 Å². The van der Waals surface area contributed by atoms with Gasteiger partial charge in [0.05, 0.1) is 0 Å².